The summed E-state index contributed by atoms with van der Waals surface area (Å²) >= 11 is 0. The Morgan fingerprint density at radius 3 is 2.73 bits per heavy atom. The van der Waals surface area contributed by atoms with Gasteiger partial charge in [0.15, 0.2) is 0 Å². The van der Waals surface area contributed by atoms with Crippen molar-refractivity contribution in [2.24, 2.45) is 0 Å². The first kappa shape index (κ1) is 9.58. The van der Waals surface area contributed by atoms with Gasteiger partial charge in [-0.25, -0.2) is 4.79 Å². The molecule has 0 aliphatic heterocycles. The fourth-order valence-electron chi connectivity index (χ4n) is 1.71. The number of rotatable bonds is 1. The lowest BCUT2D eigenvalue weighted by atomic mass is 10.1. The summed E-state index contributed by atoms with van der Waals surface area (Å²) in [5, 5.41) is 10.4. The number of fused-ring (bicyclic) bond motifs is 1. The smallest absolute Gasteiger partial charge is 0.340 e. The molecule has 4 heteroatoms. The van der Waals surface area contributed by atoms with Crippen LogP contribution in [0.1, 0.15) is 16.1 Å². The Labute approximate surface area is 86.7 Å². The summed E-state index contributed by atoms with van der Waals surface area (Å²) in [5.74, 6) is -0.434. The number of ether oxygens (including phenoxy) is 1. The number of carbonyl (C=O) groups is 1. The van der Waals surface area contributed by atoms with Crippen molar-refractivity contribution in [2.75, 3.05) is 7.11 Å². The molecule has 0 radical (unpaired) electrons. The molecule has 0 amide bonds. The summed E-state index contributed by atoms with van der Waals surface area (Å²) in [7, 11) is 1.32. The van der Waals surface area contributed by atoms with Crippen LogP contribution in [0.15, 0.2) is 24.3 Å². The van der Waals surface area contributed by atoms with Gasteiger partial charge in [0.2, 0.25) is 0 Å². The molecule has 1 aromatic carbocycles. The van der Waals surface area contributed by atoms with E-state index in [2.05, 4.69) is 4.74 Å². The molecule has 0 atom stereocenters. The van der Waals surface area contributed by atoms with E-state index in [4.69, 9.17) is 0 Å². The quantitative estimate of drug-likeness (QED) is 0.572. The highest BCUT2D eigenvalue weighted by Crippen LogP contribution is 2.24. The van der Waals surface area contributed by atoms with E-state index in [0.717, 1.165) is 4.73 Å². The zero-order valence-electron chi connectivity index (χ0n) is 8.52. The molecule has 0 saturated carbocycles. The summed E-state index contributed by atoms with van der Waals surface area (Å²) in [6, 6.07) is 7.14. The minimum Gasteiger partial charge on any atom is -0.465 e. The molecule has 0 bridgehead atoms. The number of benzene rings is 1. The van der Waals surface area contributed by atoms with Gasteiger partial charge < -0.3 is 9.94 Å². The van der Waals surface area contributed by atoms with Crippen molar-refractivity contribution in [3.05, 3.63) is 35.5 Å². The molecule has 0 unspecified atom stereocenters. The summed E-state index contributed by atoms with van der Waals surface area (Å²) in [4.78, 5) is 11.5. The number of hydrogen-bond acceptors (Lipinski definition) is 3. The lowest BCUT2D eigenvalue weighted by Gasteiger charge is -1.98. The summed E-state index contributed by atoms with van der Waals surface area (Å²) in [6.45, 7) is 1.67. The Balaban J connectivity index is 2.83. The molecule has 0 aliphatic carbocycles. The van der Waals surface area contributed by atoms with Crippen molar-refractivity contribution in [3.63, 3.8) is 0 Å². The molecule has 2 aromatic rings. The molecule has 78 valence electrons. The first-order valence-electron chi connectivity index (χ1n) is 4.54. The van der Waals surface area contributed by atoms with Crippen LogP contribution in [0.3, 0.4) is 0 Å². The van der Waals surface area contributed by atoms with Crippen molar-refractivity contribution in [2.45, 2.75) is 6.92 Å². The SMILES string of the molecule is COC(=O)c1c(C)n(O)c2ccccc12. The highest BCUT2D eigenvalue weighted by Gasteiger charge is 2.19. The first-order chi connectivity index (χ1) is 7.16. The number of esters is 1. The fourth-order valence-corrected chi connectivity index (χ4v) is 1.71. The van der Waals surface area contributed by atoms with Gasteiger partial charge in [-0.05, 0) is 13.0 Å². The second-order valence-corrected chi connectivity index (χ2v) is 3.28. The molecule has 15 heavy (non-hydrogen) atoms. The van der Waals surface area contributed by atoms with Gasteiger partial charge in [0, 0.05) is 5.39 Å². The van der Waals surface area contributed by atoms with Crippen LogP contribution in [0.2, 0.25) is 0 Å². The maximum Gasteiger partial charge on any atom is 0.340 e. The van der Waals surface area contributed by atoms with Gasteiger partial charge in [0.1, 0.15) is 0 Å². The van der Waals surface area contributed by atoms with Gasteiger partial charge in [-0.15, -0.1) is 0 Å². The van der Waals surface area contributed by atoms with Gasteiger partial charge in [-0.2, -0.15) is 4.73 Å². The molecule has 0 spiro atoms. The van der Waals surface area contributed by atoms with E-state index in [9.17, 15) is 10.0 Å². The van der Waals surface area contributed by atoms with Crippen molar-refractivity contribution in [3.8, 4) is 0 Å². The molecule has 1 aromatic heterocycles. The molecule has 1 heterocycles. The molecular formula is C11H11NO3. The van der Waals surface area contributed by atoms with Crippen LogP contribution in [0.25, 0.3) is 10.9 Å². The van der Waals surface area contributed by atoms with Crippen LogP contribution in [-0.4, -0.2) is 23.0 Å². The van der Waals surface area contributed by atoms with Gasteiger partial charge in [0.05, 0.1) is 23.9 Å². The minimum atomic E-state index is -0.434. The molecule has 1 N–H and O–H groups in total. The monoisotopic (exact) mass is 205 g/mol. The van der Waals surface area contributed by atoms with E-state index in [1.54, 1.807) is 25.1 Å². The summed E-state index contributed by atoms with van der Waals surface area (Å²) in [6.07, 6.45) is 0. The molecule has 4 nitrogen and oxygen atoms in total. The highest BCUT2D eigenvalue weighted by atomic mass is 16.5. The fraction of sp³-hybridized carbons (Fsp3) is 0.182. The van der Waals surface area contributed by atoms with E-state index < -0.39 is 5.97 Å². The molecular weight excluding hydrogens is 194 g/mol. The second kappa shape index (κ2) is 3.31. The summed E-state index contributed by atoms with van der Waals surface area (Å²) in [5.41, 5.74) is 1.51. The van der Waals surface area contributed by atoms with Crippen LogP contribution in [0.5, 0.6) is 0 Å². The normalized spacial score (nSPS) is 10.5. The Kier molecular flexibility index (Phi) is 2.11. The number of methoxy groups -OCH3 is 1. The van der Waals surface area contributed by atoms with Crippen LogP contribution >= 0.6 is 0 Å². The maximum absolute atomic E-state index is 11.5. The second-order valence-electron chi connectivity index (χ2n) is 3.28. The van der Waals surface area contributed by atoms with Gasteiger partial charge >= 0.3 is 5.97 Å². The van der Waals surface area contributed by atoms with Crippen molar-refractivity contribution in [1.82, 2.24) is 4.73 Å². The third-order valence-electron chi connectivity index (χ3n) is 2.47. The Bertz CT molecular complexity index is 528. The molecule has 0 saturated heterocycles. The first-order valence-corrected chi connectivity index (χ1v) is 4.54. The lowest BCUT2D eigenvalue weighted by Crippen LogP contribution is -2.03. The summed E-state index contributed by atoms with van der Waals surface area (Å²) < 4.78 is 5.68. The average molecular weight is 205 g/mol. The van der Waals surface area contributed by atoms with E-state index in [-0.39, 0.29) is 0 Å². The van der Waals surface area contributed by atoms with Crippen LogP contribution in [-0.2, 0) is 4.74 Å². The Morgan fingerprint density at radius 1 is 1.40 bits per heavy atom. The number of para-hydroxylation sites is 1. The Hall–Kier alpha value is -1.97. The third-order valence-corrected chi connectivity index (χ3v) is 2.47. The molecule has 2 rings (SSSR count). The third kappa shape index (κ3) is 1.26. The van der Waals surface area contributed by atoms with Crippen LogP contribution in [0.4, 0.5) is 0 Å². The van der Waals surface area contributed by atoms with Crippen molar-refractivity contribution in [1.29, 1.82) is 0 Å². The predicted molar refractivity (Wildman–Crippen MR) is 55.2 cm³/mol. The molecule has 0 fully saturated rings. The minimum absolute atomic E-state index is 0.413. The topological polar surface area (TPSA) is 51.5 Å². The van der Waals surface area contributed by atoms with Crippen molar-refractivity contribution < 1.29 is 14.7 Å². The van der Waals surface area contributed by atoms with Crippen LogP contribution < -0.4 is 0 Å². The number of nitrogens with zero attached hydrogens (tertiary/aromatic N) is 1. The number of carbonyl (C=O) groups excluding carboxylic acids is 1. The van der Waals surface area contributed by atoms with Crippen LogP contribution in [0, 0.1) is 6.92 Å². The molecule has 0 aliphatic rings. The number of hydrogen-bond donors (Lipinski definition) is 1. The highest BCUT2D eigenvalue weighted by molar-refractivity contribution is 6.05. The Morgan fingerprint density at radius 2 is 2.07 bits per heavy atom. The largest absolute Gasteiger partial charge is 0.465 e. The standard InChI is InChI=1S/C11H11NO3/c1-7-10(11(13)15-2)8-5-3-4-6-9(8)12(7)14/h3-6,14H,1-2H3. The zero-order valence-corrected chi connectivity index (χ0v) is 8.52. The van der Waals surface area contributed by atoms with Gasteiger partial charge in [-0.3, -0.25) is 0 Å². The van der Waals surface area contributed by atoms with Crippen molar-refractivity contribution >= 4 is 16.9 Å². The van der Waals surface area contributed by atoms with E-state index in [1.807, 2.05) is 6.07 Å². The van der Waals surface area contributed by atoms with Gasteiger partial charge in [0.25, 0.3) is 0 Å². The van der Waals surface area contributed by atoms with Gasteiger partial charge in [-0.1, -0.05) is 18.2 Å². The zero-order chi connectivity index (χ0) is 11.0. The maximum atomic E-state index is 11.5. The van der Waals surface area contributed by atoms with E-state index >= 15 is 0 Å². The lowest BCUT2D eigenvalue weighted by molar-refractivity contribution is 0.0599. The van der Waals surface area contributed by atoms with E-state index in [1.165, 1.54) is 7.11 Å². The van der Waals surface area contributed by atoms with E-state index in [0.29, 0.717) is 22.2 Å². The number of aromatic nitrogens is 1. The average Bonchev–Trinajstić information content (AvgIpc) is 2.52. The predicted octanol–water partition coefficient (Wildman–Crippen LogP) is 1.97.